The number of amides is 1. The van der Waals surface area contributed by atoms with Crippen molar-refractivity contribution < 1.29 is 9.90 Å². The molecule has 1 aromatic carbocycles. The first-order chi connectivity index (χ1) is 8.60. The molecule has 1 unspecified atom stereocenters. The molecule has 0 spiro atoms. The minimum atomic E-state index is -0.190. The molecular weight excluding hydrogens is 273 g/mol. The Morgan fingerprint density at radius 1 is 1.33 bits per heavy atom. The molecule has 0 heterocycles. The van der Waals surface area contributed by atoms with Crippen LogP contribution < -0.4 is 5.32 Å². The van der Waals surface area contributed by atoms with Crippen molar-refractivity contribution >= 4 is 29.1 Å². The van der Waals surface area contributed by atoms with Gasteiger partial charge >= 0.3 is 0 Å². The second kappa shape index (κ2) is 5.91. The van der Waals surface area contributed by atoms with E-state index in [-0.39, 0.29) is 18.6 Å². The van der Waals surface area contributed by atoms with E-state index in [1.165, 1.54) is 0 Å². The fraction of sp³-hybridized carbons (Fsp3) is 0.462. The van der Waals surface area contributed by atoms with Gasteiger partial charge in [0.15, 0.2) is 0 Å². The standard InChI is InChI=1S/C13H15Cl2NO2/c14-10-5-9(6-11(15)7-10)13(18)16-12(3-4-17)8-1-2-8/h5-8,12,17H,1-4H2,(H,16,18). The zero-order valence-corrected chi connectivity index (χ0v) is 11.3. The molecule has 1 fully saturated rings. The molecule has 0 aromatic heterocycles. The van der Waals surface area contributed by atoms with E-state index in [9.17, 15) is 4.79 Å². The van der Waals surface area contributed by atoms with Gasteiger partial charge in [0.05, 0.1) is 0 Å². The number of aliphatic hydroxyl groups is 1. The molecule has 0 bridgehead atoms. The molecule has 98 valence electrons. The largest absolute Gasteiger partial charge is 0.396 e. The topological polar surface area (TPSA) is 49.3 Å². The van der Waals surface area contributed by atoms with Crippen molar-refractivity contribution in [3.8, 4) is 0 Å². The SMILES string of the molecule is O=C(NC(CCO)C1CC1)c1cc(Cl)cc(Cl)c1. The lowest BCUT2D eigenvalue weighted by Gasteiger charge is -2.17. The summed E-state index contributed by atoms with van der Waals surface area (Å²) in [6.07, 6.45) is 2.81. The number of hydrogen-bond donors (Lipinski definition) is 2. The molecule has 0 aliphatic heterocycles. The van der Waals surface area contributed by atoms with E-state index in [0.29, 0.717) is 27.9 Å². The third kappa shape index (κ3) is 3.61. The number of halogens is 2. The first-order valence-corrected chi connectivity index (χ1v) is 6.73. The fourth-order valence-electron chi connectivity index (χ4n) is 2.00. The van der Waals surface area contributed by atoms with Gasteiger partial charge in [-0.15, -0.1) is 0 Å². The maximum atomic E-state index is 12.1. The molecule has 1 aromatic rings. The molecule has 18 heavy (non-hydrogen) atoms. The van der Waals surface area contributed by atoms with E-state index in [1.807, 2.05) is 0 Å². The highest BCUT2D eigenvalue weighted by molar-refractivity contribution is 6.35. The molecule has 0 radical (unpaired) electrons. The summed E-state index contributed by atoms with van der Waals surface area (Å²) in [5.41, 5.74) is 0.455. The molecule has 3 nitrogen and oxygen atoms in total. The quantitative estimate of drug-likeness (QED) is 0.875. The predicted octanol–water partition coefficient (Wildman–Crippen LogP) is 2.88. The Morgan fingerprint density at radius 2 is 1.94 bits per heavy atom. The lowest BCUT2D eigenvalue weighted by atomic mass is 10.1. The van der Waals surface area contributed by atoms with Gasteiger partial charge < -0.3 is 10.4 Å². The van der Waals surface area contributed by atoms with Gasteiger partial charge in [0.1, 0.15) is 0 Å². The number of rotatable bonds is 5. The zero-order valence-electron chi connectivity index (χ0n) is 9.83. The molecule has 1 atom stereocenters. The van der Waals surface area contributed by atoms with E-state index in [1.54, 1.807) is 18.2 Å². The average molecular weight is 288 g/mol. The lowest BCUT2D eigenvalue weighted by molar-refractivity contribution is 0.0924. The van der Waals surface area contributed by atoms with Gasteiger partial charge in [-0.2, -0.15) is 0 Å². The Morgan fingerprint density at radius 3 is 2.44 bits per heavy atom. The summed E-state index contributed by atoms with van der Waals surface area (Å²) in [6.45, 7) is 0.0811. The third-order valence-corrected chi connectivity index (χ3v) is 3.51. The highest BCUT2D eigenvalue weighted by atomic mass is 35.5. The van der Waals surface area contributed by atoms with Crippen molar-refractivity contribution in [3.63, 3.8) is 0 Å². The Bertz CT molecular complexity index is 426. The van der Waals surface area contributed by atoms with Crippen molar-refractivity contribution in [1.82, 2.24) is 5.32 Å². The number of carbonyl (C=O) groups is 1. The van der Waals surface area contributed by atoms with Crippen LogP contribution in [0.25, 0.3) is 0 Å². The van der Waals surface area contributed by atoms with Crippen molar-refractivity contribution in [2.75, 3.05) is 6.61 Å². The van der Waals surface area contributed by atoms with Crippen molar-refractivity contribution in [2.24, 2.45) is 5.92 Å². The average Bonchev–Trinajstić information content (AvgIpc) is 3.10. The second-order valence-corrected chi connectivity index (χ2v) is 5.46. The molecular formula is C13H15Cl2NO2. The Labute approximate surface area is 116 Å². The minimum absolute atomic E-state index is 0.0419. The van der Waals surface area contributed by atoms with Gasteiger partial charge in [0, 0.05) is 28.3 Å². The molecule has 1 aliphatic rings. The van der Waals surface area contributed by atoms with Crippen LogP contribution in [-0.4, -0.2) is 23.7 Å². The Kier molecular flexibility index (Phi) is 4.49. The van der Waals surface area contributed by atoms with Crippen LogP contribution in [0.15, 0.2) is 18.2 Å². The summed E-state index contributed by atoms with van der Waals surface area (Å²) in [5.74, 6) is 0.306. The predicted molar refractivity (Wildman–Crippen MR) is 72.1 cm³/mol. The smallest absolute Gasteiger partial charge is 0.251 e. The van der Waals surface area contributed by atoms with E-state index < -0.39 is 0 Å². The number of aliphatic hydroxyl groups excluding tert-OH is 1. The van der Waals surface area contributed by atoms with E-state index in [2.05, 4.69) is 5.32 Å². The third-order valence-electron chi connectivity index (χ3n) is 3.07. The fourth-order valence-corrected chi connectivity index (χ4v) is 2.53. The number of nitrogens with one attached hydrogen (secondary N) is 1. The van der Waals surface area contributed by atoms with Crippen LogP contribution in [0.4, 0.5) is 0 Å². The minimum Gasteiger partial charge on any atom is -0.396 e. The van der Waals surface area contributed by atoms with Crippen LogP contribution in [0.2, 0.25) is 10.0 Å². The van der Waals surface area contributed by atoms with Gasteiger partial charge in [-0.1, -0.05) is 23.2 Å². The number of carbonyl (C=O) groups excluding carboxylic acids is 1. The summed E-state index contributed by atoms with van der Waals surface area (Å²) in [7, 11) is 0. The van der Waals surface area contributed by atoms with Crippen molar-refractivity contribution in [1.29, 1.82) is 0 Å². The van der Waals surface area contributed by atoms with Crippen LogP contribution in [0.1, 0.15) is 29.6 Å². The van der Waals surface area contributed by atoms with E-state index in [0.717, 1.165) is 12.8 Å². The highest BCUT2D eigenvalue weighted by Crippen LogP contribution is 2.34. The zero-order chi connectivity index (χ0) is 13.1. The van der Waals surface area contributed by atoms with E-state index >= 15 is 0 Å². The van der Waals surface area contributed by atoms with Crippen LogP contribution in [0, 0.1) is 5.92 Å². The van der Waals surface area contributed by atoms with Gasteiger partial charge in [-0.25, -0.2) is 0 Å². The van der Waals surface area contributed by atoms with Crippen LogP contribution in [0.3, 0.4) is 0 Å². The van der Waals surface area contributed by atoms with Crippen LogP contribution in [-0.2, 0) is 0 Å². The first-order valence-electron chi connectivity index (χ1n) is 5.98. The summed E-state index contributed by atoms with van der Waals surface area (Å²) in [6, 6.07) is 4.81. The van der Waals surface area contributed by atoms with Crippen molar-refractivity contribution in [2.45, 2.75) is 25.3 Å². The van der Waals surface area contributed by atoms with Gasteiger partial charge in [0.25, 0.3) is 5.91 Å². The summed E-state index contributed by atoms with van der Waals surface area (Å²) in [5, 5.41) is 12.8. The maximum absolute atomic E-state index is 12.1. The lowest BCUT2D eigenvalue weighted by Crippen LogP contribution is -2.37. The number of hydrogen-bond acceptors (Lipinski definition) is 2. The van der Waals surface area contributed by atoms with Gasteiger partial charge in [0.2, 0.25) is 0 Å². The Balaban J connectivity index is 2.05. The second-order valence-electron chi connectivity index (χ2n) is 4.59. The monoisotopic (exact) mass is 287 g/mol. The van der Waals surface area contributed by atoms with Crippen LogP contribution in [0.5, 0.6) is 0 Å². The molecule has 1 aliphatic carbocycles. The molecule has 1 amide bonds. The highest BCUT2D eigenvalue weighted by Gasteiger charge is 2.31. The molecule has 0 saturated heterocycles. The molecule has 5 heteroatoms. The Hall–Kier alpha value is -0.770. The van der Waals surface area contributed by atoms with Gasteiger partial charge in [-0.05, 0) is 43.4 Å². The normalized spacial score (nSPS) is 16.4. The van der Waals surface area contributed by atoms with Gasteiger partial charge in [-0.3, -0.25) is 4.79 Å². The molecule has 2 N–H and O–H groups in total. The first kappa shape index (κ1) is 13.7. The molecule has 1 saturated carbocycles. The summed E-state index contributed by atoms with van der Waals surface area (Å²) in [4.78, 5) is 12.1. The summed E-state index contributed by atoms with van der Waals surface area (Å²) >= 11 is 11.7. The van der Waals surface area contributed by atoms with Crippen LogP contribution >= 0.6 is 23.2 Å². The van der Waals surface area contributed by atoms with Crippen molar-refractivity contribution in [3.05, 3.63) is 33.8 Å². The summed E-state index contributed by atoms with van der Waals surface area (Å²) < 4.78 is 0. The molecule has 2 rings (SSSR count). The number of benzene rings is 1. The van der Waals surface area contributed by atoms with E-state index in [4.69, 9.17) is 28.3 Å². The maximum Gasteiger partial charge on any atom is 0.251 e.